The molecule has 0 aliphatic carbocycles. The SMILES string of the molecule is O=C(NNC(=O)c1ccc(Cl)cc1)c1ccc(F)cc1. The van der Waals surface area contributed by atoms with Gasteiger partial charge >= 0.3 is 0 Å². The van der Waals surface area contributed by atoms with Crippen LogP contribution in [0.4, 0.5) is 4.39 Å². The molecule has 0 aliphatic heterocycles. The summed E-state index contributed by atoms with van der Waals surface area (Å²) in [5.74, 6) is -1.45. The Bertz CT molecular complexity index is 569. The van der Waals surface area contributed by atoms with Crippen molar-refractivity contribution >= 4 is 23.4 Å². The molecule has 0 radical (unpaired) electrons. The van der Waals surface area contributed by atoms with Gasteiger partial charge in [0.2, 0.25) is 0 Å². The maximum absolute atomic E-state index is 12.7. The Hall–Kier alpha value is -2.40. The van der Waals surface area contributed by atoms with Gasteiger partial charge < -0.3 is 0 Å². The zero-order chi connectivity index (χ0) is 14.5. The van der Waals surface area contributed by atoms with E-state index in [4.69, 9.17) is 11.6 Å². The first-order valence-electron chi connectivity index (χ1n) is 5.68. The molecule has 2 amide bonds. The second-order valence-corrected chi connectivity index (χ2v) is 4.36. The Morgan fingerprint density at radius 1 is 0.800 bits per heavy atom. The van der Waals surface area contributed by atoms with Crippen LogP contribution in [0.2, 0.25) is 5.02 Å². The third-order valence-electron chi connectivity index (χ3n) is 2.50. The van der Waals surface area contributed by atoms with Crippen molar-refractivity contribution in [1.29, 1.82) is 0 Å². The molecule has 2 aromatic carbocycles. The zero-order valence-corrected chi connectivity index (χ0v) is 10.9. The molecule has 0 spiro atoms. The topological polar surface area (TPSA) is 58.2 Å². The highest BCUT2D eigenvalue weighted by molar-refractivity contribution is 6.30. The van der Waals surface area contributed by atoms with Crippen LogP contribution < -0.4 is 10.9 Å². The summed E-state index contributed by atoms with van der Waals surface area (Å²) < 4.78 is 12.7. The number of hydrazine groups is 1. The molecule has 102 valence electrons. The molecule has 0 bridgehead atoms. The predicted octanol–water partition coefficient (Wildman–Crippen LogP) is 2.55. The van der Waals surface area contributed by atoms with Gasteiger partial charge in [0.25, 0.3) is 11.8 Å². The largest absolute Gasteiger partial charge is 0.269 e. The van der Waals surface area contributed by atoms with Crippen molar-refractivity contribution in [3.8, 4) is 0 Å². The first kappa shape index (κ1) is 14.0. The summed E-state index contributed by atoms with van der Waals surface area (Å²) in [6, 6.07) is 11.2. The number of carbonyl (C=O) groups is 2. The molecule has 0 atom stereocenters. The van der Waals surface area contributed by atoms with Gasteiger partial charge in [-0.25, -0.2) is 4.39 Å². The lowest BCUT2D eigenvalue weighted by Gasteiger charge is -2.07. The Balaban J connectivity index is 1.94. The van der Waals surface area contributed by atoms with E-state index in [1.54, 1.807) is 12.1 Å². The smallest absolute Gasteiger partial charge is 0.267 e. The highest BCUT2D eigenvalue weighted by Crippen LogP contribution is 2.09. The average Bonchev–Trinajstić information content (AvgIpc) is 2.46. The fourth-order valence-electron chi connectivity index (χ4n) is 1.46. The van der Waals surface area contributed by atoms with E-state index in [-0.39, 0.29) is 5.56 Å². The summed E-state index contributed by atoms with van der Waals surface area (Å²) >= 11 is 5.70. The molecule has 0 aliphatic rings. The number of amides is 2. The summed E-state index contributed by atoms with van der Waals surface area (Å²) in [7, 11) is 0. The van der Waals surface area contributed by atoms with Crippen LogP contribution in [0.5, 0.6) is 0 Å². The third kappa shape index (κ3) is 3.55. The van der Waals surface area contributed by atoms with Crippen molar-refractivity contribution in [2.75, 3.05) is 0 Å². The Morgan fingerprint density at radius 3 is 1.65 bits per heavy atom. The Labute approximate surface area is 119 Å². The van der Waals surface area contributed by atoms with Crippen molar-refractivity contribution in [3.63, 3.8) is 0 Å². The minimum Gasteiger partial charge on any atom is -0.267 e. The number of nitrogens with one attached hydrogen (secondary N) is 2. The van der Waals surface area contributed by atoms with Crippen LogP contribution >= 0.6 is 11.6 Å². The number of rotatable bonds is 2. The molecule has 0 heterocycles. The average molecular weight is 293 g/mol. The number of hydrogen-bond acceptors (Lipinski definition) is 2. The third-order valence-corrected chi connectivity index (χ3v) is 2.75. The predicted molar refractivity (Wildman–Crippen MR) is 72.8 cm³/mol. The van der Waals surface area contributed by atoms with Crippen molar-refractivity contribution in [1.82, 2.24) is 10.9 Å². The van der Waals surface area contributed by atoms with E-state index >= 15 is 0 Å². The molecule has 2 N–H and O–H groups in total. The summed E-state index contributed by atoms with van der Waals surface area (Å²) in [4.78, 5) is 23.4. The molecule has 0 fully saturated rings. The second-order valence-electron chi connectivity index (χ2n) is 3.92. The first-order valence-corrected chi connectivity index (χ1v) is 6.06. The minimum atomic E-state index is -0.535. The Morgan fingerprint density at radius 2 is 1.20 bits per heavy atom. The van der Waals surface area contributed by atoms with Crippen LogP contribution in [-0.2, 0) is 0 Å². The van der Waals surface area contributed by atoms with E-state index in [1.165, 1.54) is 24.3 Å². The standard InChI is InChI=1S/C14H10ClFN2O2/c15-11-5-1-9(2-6-11)13(19)17-18-14(20)10-3-7-12(16)8-4-10/h1-8H,(H,17,19)(H,18,20). The van der Waals surface area contributed by atoms with Crippen LogP contribution in [0.25, 0.3) is 0 Å². The molecule has 0 saturated carbocycles. The highest BCUT2D eigenvalue weighted by Gasteiger charge is 2.08. The maximum Gasteiger partial charge on any atom is 0.269 e. The van der Waals surface area contributed by atoms with Crippen LogP contribution in [-0.4, -0.2) is 11.8 Å². The normalized spacial score (nSPS) is 9.90. The number of benzene rings is 2. The van der Waals surface area contributed by atoms with Crippen LogP contribution in [0.3, 0.4) is 0 Å². The lowest BCUT2D eigenvalue weighted by Crippen LogP contribution is -2.41. The molecule has 0 aromatic heterocycles. The van der Waals surface area contributed by atoms with Gasteiger partial charge in [0, 0.05) is 16.1 Å². The van der Waals surface area contributed by atoms with Crippen LogP contribution in [0, 0.1) is 5.82 Å². The summed E-state index contributed by atoms with van der Waals surface area (Å²) in [5, 5.41) is 0.511. The highest BCUT2D eigenvalue weighted by atomic mass is 35.5. The molecular weight excluding hydrogens is 283 g/mol. The van der Waals surface area contributed by atoms with Gasteiger partial charge in [0.15, 0.2) is 0 Å². The van der Waals surface area contributed by atoms with Gasteiger partial charge in [-0.2, -0.15) is 0 Å². The number of halogens is 2. The summed E-state index contributed by atoms with van der Waals surface area (Å²) in [5.41, 5.74) is 5.09. The molecular formula is C14H10ClFN2O2. The van der Waals surface area contributed by atoms with Crippen LogP contribution in [0.15, 0.2) is 48.5 Å². The van der Waals surface area contributed by atoms with Crippen molar-refractivity contribution < 1.29 is 14.0 Å². The van der Waals surface area contributed by atoms with E-state index in [0.717, 1.165) is 12.1 Å². The van der Waals surface area contributed by atoms with Crippen LogP contribution in [0.1, 0.15) is 20.7 Å². The molecule has 20 heavy (non-hydrogen) atoms. The minimum absolute atomic E-state index is 0.239. The van der Waals surface area contributed by atoms with Gasteiger partial charge in [0.05, 0.1) is 0 Å². The van der Waals surface area contributed by atoms with E-state index in [1.807, 2.05) is 0 Å². The fourth-order valence-corrected chi connectivity index (χ4v) is 1.59. The first-order chi connectivity index (χ1) is 9.56. The molecule has 2 aromatic rings. The molecule has 0 saturated heterocycles. The van der Waals surface area contributed by atoms with Gasteiger partial charge in [0.1, 0.15) is 5.82 Å². The maximum atomic E-state index is 12.7. The molecule has 2 rings (SSSR count). The summed E-state index contributed by atoms with van der Waals surface area (Å²) in [6.45, 7) is 0. The number of hydrogen-bond donors (Lipinski definition) is 2. The van der Waals surface area contributed by atoms with E-state index in [2.05, 4.69) is 10.9 Å². The van der Waals surface area contributed by atoms with Crippen molar-refractivity contribution in [2.45, 2.75) is 0 Å². The summed E-state index contributed by atoms with van der Waals surface area (Å²) in [6.07, 6.45) is 0. The van der Waals surface area contributed by atoms with Gasteiger partial charge in [-0.1, -0.05) is 11.6 Å². The lowest BCUT2D eigenvalue weighted by molar-refractivity contribution is 0.0846. The monoisotopic (exact) mass is 292 g/mol. The van der Waals surface area contributed by atoms with E-state index in [9.17, 15) is 14.0 Å². The van der Waals surface area contributed by atoms with Crippen molar-refractivity contribution in [3.05, 3.63) is 70.5 Å². The van der Waals surface area contributed by atoms with Crippen molar-refractivity contribution in [2.24, 2.45) is 0 Å². The Kier molecular flexibility index (Phi) is 4.32. The molecule has 4 nitrogen and oxygen atoms in total. The molecule has 6 heteroatoms. The zero-order valence-electron chi connectivity index (χ0n) is 10.2. The van der Waals surface area contributed by atoms with Gasteiger partial charge in [-0.15, -0.1) is 0 Å². The quantitative estimate of drug-likeness (QED) is 0.836. The number of carbonyl (C=O) groups excluding carboxylic acids is 2. The second kappa shape index (κ2) is 6.16. The van der Waals surface area contributed by atoms with E-state index < -0.39 is 17.6 Å². The van der Waals surface area contributed by atoms with Gasteiger partial charge in [-0.05, 0) is 48.5 Å². The van der Waals surface area contributed by atoms with Gasteiger partial charge in [-0.3, -0.25) is 20.4 Å². The lowest BCUT2D eigenvalue weighted by atomic mass is 10.2. The fraction of sp³-hybridized carbons (Fsp3) is 0. The van der Waals surface area contributed by atoms with E-state index in [0.29, 0.717) is 10.6 Å². The molecule has 0 unspecified atom stereocenters.